The number of hydrogen-bond donors (Lipinski definition) is 0. The van der Waals surface area contributed by atoms with Crippen molar-refractivity contribution in [2.45, 2.75) is 20.0 Å². The fourth-order valence-corrected chi connectivity index (χ4v) is 2.16. The van der Waals surface area contributed by atoms with Gasteiger partial charge in [-0.05, 0) is 56.3 Å². The Morgan fingerprint density at radius 3 is 2.38 bits per heavy atom. The molecule has 0 saturated carbocycles. The molecule has 0 fully saturated rings. The number of carbonyl (C=O) groups is 2. The minimum absolute atomic E-state index is 0.0535. The van der Waals surface area contributed by atoms with Gasteiger partial charge in [0.25, 0.3) is 0 Å². The molecule has 26 heavy (non-hydrogen) atoms. The molecule has 2 aromatic rings. The summed E-state index contributed by atoms with van der Waals surface area (Å²) < 4.78 is 15.5. The lowest BCUT2D eigenvalue weighted by molar-refractivity contribution is -0.142. The zero-order valence-corrected chi connectivity index (χ0v) is 15.1. The quantitative estimate of drug-likeness (QED) is 0.408. The van der Waals surface area contributed by atoms with Crippen molar-refractivity contribution in [3.8, 4) is 11.5 Å². The lowest BCUT2D eigenvalue weighted by Crippen LogP contribution is -2.12. The third kappa shape index (κ3) is 5.77. The molecule has 136 valence electrons. The number of esters is 1. The highest BCUT2D eigenvalue weighted by atomic mass is 16.6. The van der Waals surface area contributed by atoms with Crippen LogP contribution in [0.5, 0.6) is 11.5 Å². The summed E-state index contributed by atoms with van der Waals surface area (Å²) in [5.74, 6) is 0.629. The normalized spacial score (nSPS) is 10.8. The van der Waals surface area contributed by atoms with Crippen LogP contribution in [0.4, 0.5) is 0 Å². The summed E-state index contributed by atoms with van der Waals surface area (Å²) in [7, 11) is 1.30. The molecule has 0 N–H and O–H groups in total. The maximum Gasteiger partial charge on any atom is 0.343 e. The number of carbonyl (C=O) groups excluding carboxylic acids is 2. The van der Waals surface area contributed by atoms with Gasteiger partial charge in [-0.1, -0.05) is 18.2 Å². The summed E-state index contributed by atoms with van der Waals surface area (Å²) in [6.45, 7) is 3.74. The molecule has 0 unspecified atom stereocenters. The minimum Gasteiger partial charge on any atom is -0.490 e. The summed E-state index contributed by atoms with van der Waals surface area (Å²) in [6, 6.07) is 14.1. The predicted molar refractivity (Wildman–Crippen MR) is 99.5 cm³/mol. The number of rotatable bonds is 8. The Labute approximate surface area is 153 Å². The van der Waals surface area contributed by atoms with Crippen LogP contribution in [0.25, 0.3) is 6.08 Å². The molecule has 5 nitrogen and oxygen atoms in total. The van der Waals surface area contributed by atoms with E-state index < -0.39 is 5.97 Å². The number of allylic oxidation sites excluding steroid dienone is 1. The molecule has 0 aliphatic heterocycles. The van der Waals surface area contributed by atoms with Gasteiger partial charge in [0.05, 0.1) is 13.2 Å². The lowest BCUT2D eigenvalue weighted by Gasteiger charge is -2.11. The molecule has 0 amide bonds. The van der Waals surface area contributed by atoms with Gasteiger partial charge >= 0.3 is 5.97 Å². The fourth-order valence-electron chi connectivity index (χ4n) is 2.16. The SMILES string of the molecule is COC(=O)COc1ccc(C(=O)/C=C/c2ccccc2OC(C)C)cc1. The van der Waals surface area contributed by atoms with Crippen LogP contribution in [-0.2, 0) is 9.53 Å². The van der Waals surface area contributed by atoms with Crippen molar-refractivity contribution in [1.29, 1.82) is 0 Å². The molecule has 2 aromatic carbocycles. The van der Waals surface area contributed by atoms with E-state index in [4.69, 9.17) is 9.47 Å². The molecule has 0 aromatic heterocycles. The second-order valence-corrected chi connectivity index (χ2v) is 5.79. The van der Waals surface area contributed by atoms with Gasteiger partial charge in [-0.15, -0.1) is 0 Å². The summed E-state index contributed by atoms with van der Waals surface area (Å²) in [5.41, 5.74) is 1.36. The Morgan fingerprint density at radius 1 is 1.04 bits per heavy atom. The van der Waals surface area contributed by atoms with E-state index in [9.17, 15) is 9.59 Å². The van der Waals surface area contributed by atoms with Crippen LogP contribution >= 0.6 is 0 Å². The van der Waals surface area contributed by atoms with Crippen LogP contribution in [-0.4, -0.2) is 31.6 Å². The Kier molecular flexibility index (Phi) is 6.97. The zero-order chi connectivity index (χ0) is 18.9. The van der Waals surface area contributed by atoms with Crippen molar-refractivity contribution >= 4 is 17.8 Å². The van der Waals surface area contributed by atoms with Crippen molar-refractivity contribution < 1.29 is 23.8 Å². The number of hydrogen-bond acceptors (Lipinski definition) is 5. The first kappa shape index (κ1) is 19.2. The van der Waals surface area contributed by atoms with Crippen molar-refractivity contribution in [3.63, 3.8) is 0 Å². The first-order valence-corrected chi connectivity index (χ1v) is 8.27. The highest BCUT2D eigenvalue weighted by molar-refractivity contribution is 6.07. The predicted octanol–water partition coefficient (Wildman–Crippen LogP) is 3.92. The van der Waals surface area contributed by atoms with Crippen molar-refractivity contribution in [2.24, 2.45) is 0 Å². The van der Waals surface area contributed by atoms with Crippen molar-refractivity contribution in [1.82, 2.24) is 0 Å². The van der Waals surface area contributed by atoms with Crippen LogP contribution in [0, 0.1) is 0 Å². The van der Waals surface area contributed by atoms with Gasteiger partial charge < -0.3 is 14.2 Å². The van der Waals surface area contributed by atoms with Crippen molar-refractivity contribution in [3.05, 3.63) is 65.7 Å². The molecule has 0 saturated heterocycles. The van der Waals surface area contributed by atoms with Gasteiger partial charge in [0.1, 0.15) is 11.5 Å². The van der Waals surface area contributed by atoms with Gasteiger partial charge in [0.2, 0.25) is 0 Å². The van der Waals surface area contributed by atoms with Gasteiger partial charge in [0.15, 0.2) is 12.4 Å². The molecule has 5 heteroatoms. The standard InChI is InChI=1S/C21H22O5/c1-15(2)26-20-7-5-4-6-17(20)10-13-19(22)16-8-11-18(12-9-16)25-14-21(23)24-3/h4-13,15H,14H2,1-3H3/b13-10+. The molecule has 0 aliphatic rings. The van der Waals surface area contributed by atoms with Gasteiger partial charge in [-0.3, -0.25) is 4.79 Å². The first-order chi connectivity index (χ1) is 12.5. The molecular weight excluding hydrogens is 332 g/mol. The van der Waals surface area contributed by atoms with E-state index in [0.717, 1.165) is 11.3 Å². The Morgan fingerprint density at radius 2 is 1.73 bits per heavy atom. The van der Waals surface area contributed by atoms with Gasteiger partial charge in [-0.2, -0.15) is 0 Å². The van der Waals surface area contributed by atoms with Crippen LogP contribution in [0.15, 0.2) is 54.6 Å². The van der Waals surface area contributed by atoms with E-state index >= 15 is 0 Å². The number of ketones is 1. The van der Waals surface area contributed by atoms with Gasteiger partial charge in [-0.25, -0.2) is 4.79 Å². The van der Waals surface area contributed by atoms with E-state index in [0.29, 0.717) is 11.3 Å². The average Bonchev–Trinajstić information content (AvgIpc) is 2.65. The maximum atomic E-state index is 12.3. The highest BCUT2D eigenvalue weighted by Crippen LogP contribution is 2.21. The van der Waals surface area contributed by atoms with E-state index in [1.807, 2.05) is 38.1 Å². The zero-order valence-electron chi connectivity index (χ0n) is 15.1. The summed E-state index contributed by atoms with van der Waals surface area (Å²) in [4.78, 5) is 23.4. The summed E-state index contributed by atoms with van der Waals surface area (Å²) >= 11 is 0. The van der Waals surface area contributed by atoms with Crippen molar-refractivity contribution in [2.75, 3.05) is 13.7 Å². The fraction of sp³-hybridized carbons (Fsp3) is 0.238. The molecule has 0 spiro atoms. The Bertz CT molecular complexity index is 775. The molecular formula is C21H22O5. The smallest absolute Gasteiger partial charge is 0.343 e. The molecule has 0 heterocycles. The van der Waals surface area contributed by atoms with Gasteiger partial charge in [0, 0.05) is 11.1 Å². The largest absolute Gasteiger partial charge is 0.490 e. The second-order valence-electron chi connectivity index (χ2n) is 5.79. The molecule has 2 rings (SSSR count). The maximum absolute atomic E-state index is 12.3. The Balaban J connectivity index is 2.03. The number of benzene rings is 2. The van der Waals surface area contributed by atoms with Crippen LogP contribution in [0.3, 0.4) is 0 Å². The second kappa shape index (κ2) is 9.42. The first-order valence-electron chi connectivity index (χ1n) is 8.27. The van der Waals surface area contributed by atoms with Crippen LogP contribution in [0.1, 0.15) is 29.8 Å². The third-order valence-corrected chi connectivity index (χ3v) is 3.42. The molecule has 0 atom stereocenters. The third-order valence-electron chi connectivity index (χ3n) is 3.42. The average molecular weight is 354 g/mol. The molecule has 0 aliphatic carbocycles. The number of para-hydroxylation sites is 1. The van der Waals surface area contributed by atoms with E-state index in [1.165, 1.54) is 13.2 Å². The van der Waals surface area contributed by atoms with Crippen LogP contribution < -0.4 is 9.47 Å². The topological polar surface area (TPSA) is 61.8 Å². The van der Waals surface area contributed by atoms with Crippen LogP contribution in [0.2, 0.25) is 0 Å². The van der Waals surface area contributed by atoms with E-state index in [2.05, 4.69) is 4.74 Å². The highest BCUT2D eigenvalue weighted by Gasteiger charge is 2.06. The minimum atomic E-state index is -0.463. The molecule has 0 radical (unpaired) electrons. The number of ether oxygens (including phenoxy) is 3. The lowest BCUT2D eigenvalue weighted by atomic mass is 10.1. The Hall–Kier alpha value is -3.08. The van der Waals surface area contributed by atoms with E-state index in [-0.39, 0.29) is 18.5 Å². The number of methoxy groups -OCH3 is 1. The monoisotopic (exact) mass is 354 g/mol. The summed E-state index contributed by atoms with van der Waals surface area (Å²) in [6.07, 6.45) is 3.30. The molecule has 0 bridgehead atoms. The summed E-state index contributed by atoms with van der Waals surface area (Å²) in [5, 5.41) is 0. The van der Waals surface area contributed by atoms with E-state index in [1.54, 1.807) is 30.3 Å².